The van der Waals surface area contributed by atoms with Gasteiger partial charge in [0.05, 0.1) is 18.6 Å². The normalized spacial score (nSPS) is 10.1. The quantitative estimate of drug-likeness (QED) is 0.467. The molecular weight excluding hydrogens is 328 g/mol. The number of ketones is 1. The van der Waals surface area contributed by atoms with Crippen molar-refractivity contribution in [2.75, 3.05) is 11.9 Å². The van der Waals surface area contributed by atoms with Crippen molar-refractivity contribution in [1.82, 2.24) is 0 Å². The average Bonchev–Trinajstić information content (AvgIpc) is 2.38. The fourth-order valence-corrected chi connectivity index (χ4v) is 2.19. The number of carboxylic acid groups (broad SMARTS) is 1. The van der Waals surface area contributed by atoms with Gasteiger partial charge in [-0.2, -0.15) is 0 Å². The molecule has 0 unspecified atom stereocenters. The Labute approximate surface area is 125 Å². The number of hydrogen-bond acceptors (Lipinski definition) is 4. The van der Waals surface area contributed by atoms with Crippen LogP contribution in [0.3, 0.4) is 0 Å². The Bertz CT molecular complexity index is 524. The molecule has 0 heterocycles. The average molecular weight is 343 g/mol. The van der Waals surface area contributed by atoms with Gasteiger partial charge >= 0.3 is 11.9 Å². The molecule has 0 spiro atoms. The lowest BCUT2D eigenvalue weighted by molar-refractivity contribution is -0.136. The molecule has 20 heavy (non-hydrogen) atoms. The Balaban J connectivity index is 3.31. The van der Waals surface area contributed by atoms with E-state index in [4.69, 9.17) is 9.84 Å². The summed E-state index contributed by atoms with van der Waals surface area (Å²) in [6, 6.07) is 4.57. The highest BCUT2D eigenvalue weighted by Gasteiger charge is 2.22. The van der Waals surface area contributed by atoms with Gasteiger partial charge in [-0.25, -0.2) is 4.79 Å². The van der Waals surface area contributed by atoms with Crippen molar-refractivity contribution in [3.63, 3.8) is 0 Å². The van der Waals surface area contributed by atoms with Crippen LogP contribution in [0.2, 0.25) is 0 Å². The molecule has 0 aliphatic carbocycles. The van der Waals surface area contributed by atoms with Crippen molar-refractivity contribution >= 4 is 33.7 Å². The number of benzene rings is 1. The summed E-state index contributed by atoms with van der Waals surface area (Å²) in [5, 5.41) is 9.34. The molecule has 0 aliphatic rings. The van der Waals surface area contributed by atoms with Gasteiger partial charge < -0.3 is 9.84 Å². The molecule has 108 valence electrons. The molecule has 0 aliphatic heterocycles. The molecule has 0 atom stereocenters. The molecule has 1 N–H and O–H groups in total. The maximum absolute atomic E-state index is 12.1. The summed E-state index contributed by atoms with van der Waals surface area (Å²) in [5.74, 6) is -1.95. The molecule has 1 rings (SSSR count). The van der Waals surface area contributed by atoms with E-state index < -0.39 is 11.9 Å². The number of carbonyl (C=O) groups is 3. The summed E-state index contributed by atoms with van der Waals surface area (Å²) in [4.78, 5) is 34.9. The largest absolute Gasteiger partial charge is 0.481 e. The lowest BCUT2D eigenvalue weighted by Gasteiger charge is -2.11. The van der Waals surface area contributed by atoms with Crippen LogP contribution in [0.15, 0.2) is 18.2 Å². The summed E-state index contributed by atoms with van der Waals surface area (Å²) in [7, 11) is 0. The second kappa shape index (κ2) is 7.79. The number of carbonyl (C=O) groups excluding carboxylic acids is 2. The third-order valence-electron chi connectivity index (χ3n) is 2.59. The number of esters is 1. The molecule has 0 bridgehead atoms. The van der Waals surface area contributed by atoms with E-state index in [1.165, 1.54) is 12.1 Å². The Kier molecular flexibility index (Phi) is 6.38. The number of alkyl halides is 1. The first-order valence-electron chi connectivity index (χ1n) is 6.11. The molecule has 1 aromatic carbocycles. The number of ether oxygens (including phenoxy) is 1. The van der Waals surface area contributed by atoms with E-state index in [9.17, 15) is 14.4 Å². The monoisotopic (exact) mass is 342 g/mol. The SMILES string of the molecule is CCOC(=O)c1cccc(CC(=O)O)c1C(=O)CCBr. The lowest BCUT2D eigenvalue weighted by atomic mass is 9.94. The van der Waals surface area contributed by atoms with E-state index >= 15 is 0 Å². The van der Waals surface area contributed by atoms with Crippen molar-refractivity contribution in [3.8, 4) is 0 Å². The molecule has 6 heteroatoms. The number of Topliss-reactive ketones (excluding diaryl/α,β-unsaturated/α-hetero) is 1. The second-order valence-corrected chi connectivity index (χ2v) is 4.79. The van der Waals surface area contributed by atoms with Crippen molar-refractivity contribution in [2.24, 2.45) is 0 Å². The van der Waals surface area contributed by atoms with E-state index in [0.29, 0.717) is 10.9 Å². The number of halogens is 1. The zero-order valence-corrected chi connectivity index (χ0v) is 12.6. The topological polar surface area (TPSA) is 80.7 Å². The van der Waals surface area contributed by atoms with Gasteiger partial charge in [0.1, 0.15) is 0 Å². The van der Waals surface area contributed by atoms with E-state index in [1.807, 2.05) is 0 Å². The standard InChI is InChI=1S/C14H15BrO5/c1-2-20-14(19)10-5-3-4-9(8-12(17)18)13(10)11(16)6-7-15/h3-5H,2,6-8H2,1H3,(H,17,18). The third-order valence-corrected chi connectivity index (χ3v) is 2.98. The number of hydrogen-bond donors (Lipinski definition) is 1. The van der Waals surface area contributed by atoms with Crippen LogP contribution < -0.4 is 0 Å². The molecule has 0 amide bonds. The van der Waals surface area contributed by atoms with Crippen LogP contribution in [0.1, 0.15) is 39.6 Å². The Morgan fingerprint density at radius 3 is 2.55 bits per heavy atom. The smallest absolute Gasteiger partial charge is 0.338 e. The van der Waals surface area contributed by atoms with Gasteiger partial charge in [0, 0.05) is 17.3 Å². The molecule has 0 aromatic heterocycles. The van der Waals surface area contributed by atoms with Gasteiger partial charge in [-0.3, -0.25) is 9.59 Å². The third kappa shape index (κ3) is 4.16. The van der Waals surface area contributed by atoms with Crippen LogP contribution in [0.25, 0.3) is 0 Å². The summed E-state index contributed by atoms with van der Waals surface area (Å²) >= 11 is 3.16. The number of carboxylic acids is 1. The number of rotatable bonds is 7. The predicted molar refractivity (Wildman–Crippen MR) is 76.5 cm³/mol. The Morgan fingerprint density at radius 1 is 1.30 bits per heavy atom. The highest BCUT2D eigenvalue weighted by Crippen LogP contribution is 2.19. The van der Waals surface area contributed by atoms with Gasteiger partial charge in [0.15, 0.2) is 5.78 Å². The molecule has 1 aromatic rings. The first kappa shape index (κ1) is 16.4. The summed E-state index contributed by atoms with van der Waals surface area (Å²) in [5.41, 5.74) is 0.596. The first-order valence-corrected chi connectivity index (χ1v) is 7.23. The molecule has 0 saturated heterocycles. The molecule has 0 fully saturated rings. The molecule has 0 saturated carbocycles. The van der Waals surface area contributed by atoms with Crippen molar-refractivity contribution in [1.29, 1.82) is 0 Å². The van der Waals surface area contributed by atoms with Crippen LogP contribution in [0.5, 0.6) is 0 Å². The maximum Gasteiger partial charge on any atom is 0.338 e. The first-order chi connectivity index (χ1) is 9.51. The zero-order valence-electron chi connectivity index (χ0n) is 11.0. The summed E-state index contributed by atoms with van der Waals surface area (Å²) in [6.07, 6.45) is -0.125. The fourth-order valence-electron chi connectivity index (χ4n) is 1.83. The van der Waals surface area contributed by atoms with Gasteiger partial charge in [-0.1, -0.05) is 28.1 Å². The van der Waals surface area contributed by atoms with Crippen LogP contribution in [0, 0.1) is 0 Å². The summed E-state index contributed by atoms with van der Waals surface area (Å²) in [6.45, 7) is 1.85. The molecular formula is C14H15BrO5. The zero-order chi connectivity index (χ0) is 15.1. The van der Waals surface area contributed by atoms with Crippen LogP contribution >= 0.6 is 15.9 Å². The van der Waals surface area contributed by atoms with Gasteiger partial charge in [0.2, 0.25) is 0 Å². The van der Waals surface area contributed by atoms with Crippen LogP contribution in [-0.2, 0) is 16.0 Å². The summed E-state index contributed by atoms with van der Waals surface area (Å²) < 4.78 is 4.91. The second-order valence-electron chi connectivity index (χ2n) is 3.99. The van der Waals surface area contributed by atoms with Gasteiger partial charge in [-0.15, -0.1) is 0 Å². The van der Waals surface area contributed by atoms with Crippen LogP contribution in [0.4, 0.5) is 0 Å². The minimum absolute atomic E-state index is 0.122. The van der Waals surface area contributed by atoms with Crippen molar-refractivity contribution < 1.29 is 24.2 Å². The van der Waals surface area contributed by atoms with E-state index in [1.54, 1.807) is 13.0 Å². The molecule has 0 radical (unpaired) electrons. The Morgan fingerprint density at radius 2 is 2.00 bits per heavy atom. The highest BCUT2D eigenvalue weighted by molar-refractivity contribution is 9.09. The minimum Gasteiger partial charge on any atom is -0.481 e. The fraction of sp³-hybridized carbons (Fsp3) is 0.357. The predicted octanol–water partition coefficient (Wildman–Crippen LogP) is 2.46. The minimum atomic E-state index is -1.06. The lowest BCUT2D eigenvalue weighted by Crippen LogP contribution is -2.16. The van der Waals surface area contributed by atoms with E-state index in [2.05, 4.69) is 15.9 Å². The number of aliphatic carboxylic acids is 1. The Hall–Kier alpha value is -1.69. The van der Waals surface area contributed by atoms with E-state index in [-0.39, 0.29) is 36.4 Å². The molecule has 5 nitrogen and oxygen atoms in total. The van der Waals surface area contributed by atoms with Crippen molar-refractivity contribution in [2.45, 2.75) is 19.8 Å². The van der Waals surface area contributed by atoms with Gasteiger partial charge in [-0.05, 0) is 18.6 Å². The maximum atomic E-state index is 12.1. The van der Waals surface area contributed by atoms with Gasteiger partial charge in [0.25, 0.3) is 0 Å². The van der Waals surface area contributed by atoms with Crippen LogP contribution in [-0.4, -0.2) is 34.8 Å². The van der Waals surface area contributed by atoms with E-state index in [0.717, 1.165) is 0 Å². The van der Waals surface area contributed by atoms with Crippen molar-refractivity contribution in [3.05, 3.63) is 34.9 Å². The highest BCUT2D eigenvalue weighted by atomic mass is 79.9.